The second-order valence-electron chi connectivity index (χ2n) is 4.23. The highest BCUT2D eigenvalue weighted by Crippen LogP contribution is 2.26. The summed E-state index contributed by atoms with van der Waals surface area (Å²) in [5, 5.41) is 9.13. The number of carboxylic acid groups (broad SMARTS) is 1. The predicted octanol–water partition coefficient (Wildman–Crippen LogP) is 2.79. The molecule has 100 valence electrons. The quantitative estimate of drug-likeness (QED) is 0.749. The Labute approximate surface area is 123 Å². The van der Waals surface area contributed by atoms with Crippen molar-refractivity contribution in [2.75, 3.05) is 0 Å². The number of pyridine rings is 2. The number of hydrogen-bond donors (Lipinski definition) is 1. The highest BCUT2D eigenvalue weighted by molar-refractivity contribution is 9.10. The van der Waals surface area contributed by atoms with Gasteiger partial charge in [-0.15, -0.1) is 0 Å². The van der Waals surface area contributed by atoms with Gasteiger partial charge < -0.3 is 5.11 Å². The van der Waals surface area contributed by atoms with E-state index >= 15 is 0 Å². The summed E-state index contributed by atoms with van der Waals surface area (Å²) >= 11 is 3.43. The summed E-state index contributed by atoms with van der Waals surface area (Å²) in [6.07, 6.45) is 1.55. The number of aromatic nitrogens is 3. The summed E-state index contributed by atoms with van der Waals surface area (Å²) in [6.45, 7) is 0. The zero-order valence-electron chi connectivity index (χ0n) is 10.3. The Bertz CT molecular complexity index is 784. The second kappa shape index (κ2) is 5.05. The molecule has 3 aromatic heterocycles. The minimum absolute atomic E-state index is 0.115. The van der Waals surface area contributed by atoms with E-state index in [9.17, 15) is 4.79 Å². The summed E-state index contributed by atoms with van der Waals surface area (Å²) in [7, 11) is 0. The molecule has 6 heteroatoms. The average molecular weight is 332 g/mol. The van der Waals surface area contributed by atoms with Crippen molar-refractivity contribution in [1.29, 1.82) is 0 Å². The topological polar surface area (TPSA) is 67.5 Å². The predicted molar refractivity (Wildman–Crippen MR) is 77.5 cm³/mol. The lowest BCUT2D eigenvalue weighted by atomic mass is 10.2. The van der Waals surface area contributed by atoms with Gasteiger partial charge in [0.1, 0.15) is 11.3 Å². The first-order valence-corrected chi connectivity index (χ1v) is 6.75. The number of imidazole rings is 1. The molecule has 0 saturated heterocycles. The Balaban J connectivity index is 2.31. The Morgan fingerprint density at radius 2 is 2.10 bits per heavy atom. The van der Waals surface area contributed by atoms with Gasteiger partial charge in [-0.1, -0.05) is 12.1 Å². The molecule has 20 heavy (non-hydrogen) atoms. The maximum absolute atomic E-state index is 11.1. The minimum Gasteiger partial charge on any atom is -0.481 e. The van der Waals surface area contributed by atoms with Gasteiger partial charge in [0.25, 0.3) is 0 Å². The molecule has 0 fully saturated rings. The van der Waals surface area contributed by atoms with Crippen molar-refractivity contribution in [1.82, 2.24) is 14.4 Å². The molecular formula is C14H10BrN3O2. The van der Waals surface area contributed by atoms with Crippen LogP contribution in [-0.2, 0) is 11.2 Å². The lowest BCUT2D eigenvalue weighted by Gasteiger charge is -2.04. The van der Waals surface area contributed by atoms with E-state index in [1.54, 1.807) is 10.6 Å². The maximum Gasteiger partial charge on any atom is 0.309 e. The van der Waals surface area contributed by atoms with Gasteiger partial charge in [-0.25, -0.2) is 4.98 Å². The Morgan fingerprint density at radius 1 is 1.25 bits per heavy atom. The van der Waals surface area contributed by atoms with Crippen molar-refractivity contribution in [2.45, 2.75) is 6.42 Å². The van der Waals surface area contributed by atoms with Crippen LogP contribution in [0.1, 0.15) is 5.69 Å². The smallest absolute Gasteiger partial charge is 0.309 e. The van der Waals surface area contributed by atoms with Crippen LogP contribution in [0.2, 0.25) is 0 Å². The van der Waals surface area contributed by atoms with Gasteiger partial charge >= 0.3 is 5.97 Å². The third kappa shape index (κ3) is 2.18. The van der Waals surface area contributed by atoms with Crippen LogP contribution in [0.4, 0.5) is 0 Å². The van der Waals surface area contributed by atoms with E-state index in [1.165, 1.54) is 0 Å². The molecule has 0 aliphatic rings. The molecule has 0 aliphatic carbocycles. The molecule has 1 N–H and O–H groups in total. The molecule has 0 aromatic carbocycles. The van der Waals surface area contributed by atoms with Crippen molar-refractivity contribution >= 4 is 27.5 Å². The van der Waals surface area contributed by atoms with Gasteiger partial charge in [0.15, 0.2) is 0 Å². The zero-order chi connectivity index (χ0) is 14.1. The first-order valence-electron chi connectivity index (χ1n) is 5.96. The molecule has 0 amide bonds. The van der Waals surface area contributed by atoms with Gasteiger partial charge in [0.2, 0.25) is 0 Å². The van der Waals surface area contributed by atoms with Gasteiger partial charge in [-0.05, 0) is 40.2 Å². The van der Waals surface area contributed by atoms with Crippen molar-refractivity contribution in [3.05, 3.63) is 52.9 Å². The average Bonchev–Trinajstić information content (AvgIpc) is 2.79. The normalized spacial score (nSPS) is 10.8. The molecule has 3 aromatic rings. The second-order valence-corrected chi connectivity index (χ2v) is 5.05. The molecule has 3 heterocycles. The zero-order valence-corrected chi connectivity index (χ0v) is 11.9. The van der Waals surface area contributed by atoms with E-state index in [1.807, 2.05) is 36.4 Å². The monoisotopic (exact) mass is 331 g/mol. The van der Waals surface area contributed by atoms with Gasteiger partial charge in [0, 0.05) is 6.20 Å². The number of carboxylic acids is 1. The van der Waals surface area contributed by atoms with Crippen LogP contribution >= 0.6 is 15.9 Å². The van der Waals surface area contributed by atoms with Crippen LogP contribution in [0, 0.1) is 0 Å². The lowest BCUT2D eigenvalue weighted by molar-refractivity contribution is -0.136. The first kappa shape index (κ1) is 12.8. The lowest BCUT2D eigenvalue weighted by Crippen LogP contribution is -2.05. The summed E-state index contributed by atoms with van der Waals surface area (Å²) in [6, 6.07) is 11.0. The summed E-state index contributed by atoms with van der Waals surface area (Å²) in [5.41, 5.74) is 2.56. The van der Waals surface area contributed by atoms with Crippen molar-refractivity contribution in [3.8, 4) is 11.4 Å². The van der Waals surface area contributed by atoms with E-state index in [0.717, 1.165) is 4.60 Å². The minimum atomic E-state index is -0.903. The van der Waals surface area contributed by atoms with Crippen LogP contribution < -0.4 is 0 Å². The molecule has 3 rings (SSSR count). The van der Waals surface area contributed by atoms with Gasteiger partial charge in [0.05, 0.1) is 22.4 Å². The molecule has 0 unspecified atom stereocenters. The highest BCUT2D eigenvalue weighted by atomic mass is 79.9. The standard InChI is InChI=1S/C14H10BrN3O2/c15-11-5-3-6-12-17-14(9-4-1-2-7-16-9)10(18(11)12)8-13(19)20/h1-7H,8H2,(H,19,20). The first-order chi connectivity index (χ1) is 9.66. The summed E-state index contributed by atoms with van der Waals surface area (Å²) in [4.78, 5) is 19.9. The summed E-state index contributed by atoms with van der Waals surface area (Å²) < 4.78 is 2.55. The molecule has 0 saturated carbocycles. The van der Waals surface area contributed by atoms with Crippen molar-refractivity contribution in [2.24, 2.45) is 0 Å². The van der Waals surface area contributed by atoms with E-state index in [-0.39, 0.29) is 6.42 Å². The molecule has 5 nitrogen and oxygen atoms in total. The fourth-order valence-electron chi connectivity index (χ4n) is 2.13. The number of rotatable bonds is 3. The Hall–Kier alpha value is -2.21. The Kier molecular flexibility index (Phi) is 3.23. The number of nitrogens with zero attached hydrogens (tertiary/aromatic N) is 3. The molecule has 0 aliphatic heterocycles. The third-order valence-electron chi connectivity index (χ3n) is 2.92. The number of halogens is 1. The van der Waals surface area contributed by atoms with Crippen LogP contribution in [0.5, 0.6) is 0 Å². The van der Waals surface area contributed by atoms with Crippen LogP contribution in [0.15, 0.2) is 47.2 Å². The van der Waals surface area contributed by atoms with Gasteiger partial charge in [-0.3, -0.25) is 14.2 Å². The molecule has 0 radical (unpaired) electrons. The summed E-state index contributed by atoms with van der Waals surface area (Å²) in [5.74, 6) is -0.903. The van der Waals surface area contributed by atoms with Crippen LogP contribution in [-0.4, -0.2) is 25.4 Å². The van der Waals surface area contributed by atoms with Crippen LogP contribution in [0.3, 0.4) is 0 Å². The Morgan fingerprint density at radius 3 is 2.80 bits per heavy atom. The molecule has 0 atom stereocenters. The van der Waals surface area contributed by atoms with E-state index in [2.05, 4.69) is 25.9 Å². The largest absolute Gasteiger partial charge is 0.481 e. The molecular weight excluding hydrogens is 322 g/mol. The number of carbonyl (C=O) groups is 1. The number of aliphatic carboxylic acids is 1. The fraction of sp³-hybridized carbons (Fsp3) is 0.0714. The third-order valence-corrected chi connectivity index (χ3v) is 3.54. The van der Waals surface area contributed by atoms with E-state index < -0.39 is 5.97 Å². The molecule has 0 spiro atoms. The highest BCUT2D eigenvalue weighted by Gasteiger charge is 2.18. The van der Waals surface area contributed by atoms with Crippen molar-refractivity contribution < 1.29 is 9.90 Å². The van der Waals surface area contributed by atoms with E-state index in [0.29, 0.717) is 22.7 Å². The van der Waals surface area contributed by atoms with Crippen LogP contribution in [0.25, 0.3) is 17.0 Å². The fourth-order valence-corrected chi connectivity index (χ4v) is 2.67. The SMILES string of the molecule is O=C(O)Cc1c(-c2ccccn2)nc2cccc(Br)n12. The number of hydrogen-bond acceptors (Lipinski definition) is 3. The molecule has 0 bridgehead atoms. The number of fused-ring (bicyclic) bond motifs is 1. The maximum atomic E-state index is 11.1. The van der Waals surface area contributed by atoms with E-state index in [4.69, 9.17) is 5.11 Å². The van der Waals surface area contributed by atoms with Crippen molar-refractivity contribution in [3.63, 3.8) is 0 Å². The van der Waals surface area contributed by atoms with Gasteiger partial charge in [-0.2, -0.15) is 0 Å².